The quantitative estimate of drug-likeness (QED) is 0.364. The maximum absolute atomic E-state index is 6.43. The first-order valence-corrected chi connectivity index (χ1v) is 9.53. The van der Waals surface area contributed by atoms with Crippen LogP contribution < -0.4 is 0 Å². The normalized spacial score (nSPS) is 13.3. The number of halogens is 2. The second-order valence-electron chi connectivity index (χ2n) is 5.96. The van der Waals surface area contributed by atoms with E-state index in [-0.39, 0.29) is 0 Å². The van der Waals surface area contributed by atoms with Crippen LogP contribution in [0.5, 0.6) is 0 Å². The number of hydrogen-bond acceptors (Lipinski definition) is 2. The average molecular weight is 383 g/mol. The Morgan fingerprint density at radius 2 is 1.92 bits per heavy atom. The van der Waals surface area contributed by atoms with Gasteiger partial charge in [-0.25, -0.2) is 0 Å². The lowest BCUT2D eigenvalue weighted by Crippen LogP contribution is -2.08. The Bertz CT molecular complexity index is 1150. The zero-order valence-electron chi connectivity index (χ0n) is 13.0. The summed E-state index contributed by atoms with van der Waals surface area (Å²) in [5.74, 6) is 0. The summed E-state index contributed by atoms with van der Waals surface area (Å²) in [5, 5.41) is 4.59. The minimum atomic E-state index is 0.557. The molecular formula is C20H12Cl2N2S. The molecule has 0 saturated carbocycles. The van der Waals surface area contributed by atoms with Crippen LogP contribution in [0.25, 0.3) is 15.8 Å². The zero-order valence-corrected chi connectivity index (χ0v) is 15.4. The molecule has 25 heavy (non-hydrogen) atoms. The maximum Gasteiger partial charge on any atom is 0.0891 e. The predicted molar refractivity (Wildman–Crippen MR) is 107 cm³/mol. The number of fused-ring (bicyclic) bond motifs is 4. The van der Waals surface area contributed by atoms with Gasteiger partial charge in [0.1, 0.15) is 0 Å². The van der Waals surface area contributed by atoms with Gasteiger partial charge in [-0.3, -0.25) is 4.99 Å². The lowest BCUT2D eigenvalue weighted by molar-refractivity contribution is 1.02. The van der Waals surface area contributed by atoms with Gasteiger partial charge in [0.15, 0.2) is 0 Å². The summed E-state index contributed by atoms with van der Waals surface area (Å²) in [7, 11) is 0. The van der Waals surface area contributed by atoms with Crippen LogP contribution in [0.1, 0.15) is 16.8 Å². The van der Waals surface area contributed by atoms with Gasteiger partial charge in [-0.15, -0.1) is 11.3 Å². The van der Waals surface area contributed by atoms with E-state index in [1.807, 2.05) is 23.6 Å². The van der Waals surface area contributed by atoms with E-state index in [2.05, 4.69) is 41.1 Å². The number of nitrogens with zero attached hydrogens (tertiary/aromatic N) is 2. The summed E-state index contributed by atoms with van der Waals surface area (Å²) in [5.41, 5.74) is 5.22. The van der Waals surface area contributed by atoms with Crippen molar-refractivity contribution >= 4 is 50.3 Å². The molecule has 0 bridgehead atoms. The first kappa shape index (κ1) is 15.2. The van der Waals surface area contributed by atoms with Gasteiger partial charge in [-0.1, -0.05) is 35.3 Å². The fourth-order valence-electron chi connectivity index (χ4n) is 3.34. The van der Waals surface area contributed by atoms with Crippen molar-refractivity contribution in [3.8, 4) is 5.69 Å². The summed E-state index contributed by atoms with van der Waals surface area (Å²) < 4.78 is 3.34. The number of aromatic nitrogens is 1. The topological polar surface area (TPSA) is 17.3 Å². The number of hydrogen-bond donors (Lipinski definition) is 0. The highest BCUT2D eigenvalue weighted by molar-refractivity contribution is 7.17. The van der Waals surface area contributed by atoms with E-state index in [4.69, 9.17) is 28.2 Å². The van der Waals surface area contributed by atoms with Crippen molar-refractivity contribution in [2.45, 2.75) is 6.54 Å². The highest BCUT2D eigenvalue weighted by Gasteiger charge is 2.20. The molecule has 2 nitrogen and oxygen atoms in total. The molecule has 3 heterocycles. The van der Waals surface area contributed by atoms with Crippen molar-refractivity contribution in [2.24, 2.45) is 4.99 Å². The van der Waals surface area contributed by atoms with Crippen LogP contribution in [0.4, 0.5) is 0 Å². The van der Waals surface area contributed by atoms with E-state index in [9.17, 15) is 0 Å². The van der Waals surface area contributed by atoms with Gasteiger partial charge in [0.25, 0.3) is 0 Å². The first-order valence-electron chi connectivity index (χ1n) is 7.89. The standard InChI is InChI=1S/C20H12Cl2N2S/c21-15-3-1-4-17-14(15)10-23-20(18-5-2-8-24(17)18)12-6-7-19-13(9-12)16(22)11-25-19/h1-9,11H,10H2. The molecule has 0 fully saturated rings. The van der Waals surface area contributed by atoms with E-state index >= 15 is 0 Å². The Morgan fingerprint density at radius 3 is 2.84 bits per heavy atom. The molecule has 0 radical (unpaired) electrons. The molecule has 0 aliphatic carbocycles. The maximum atomic E-state index is 6.43. The highest BCUT2D eigenvalue weighted by atomic mass is 35.5. The molecule has 0 N–H and O–H groups in total. The second kappa shape index (κ2) is 5.73. The molecule has 5 rings (SSSR count). The molecule has 1 aliphatic heterocycles. The predicted octanol–water partition coefficient (Wildman–Crippen LogP) is 6.35. The number of thiophene rings is 1. The third kappa shape index (κ3) is 2.35. The van der Waals surface area contributed by atoms with Crippen molar-refractivity contribution in [3.05, 3.63) is 87.0 Å². The van der Waals surface area contributed by atoms with Crippen LogP contribution in [0.3, 0.4) is 0 Å². The van der Waals surface area contributed by atoms with E-state index < -0.39 is 0 Å². The largest absolute Gasteiger partial charge is 0.315 e. The molecule has 0 atom stereocenters. The summed E-state index contributed by atoms with van der Waals surface area (Å²) in [6, 6.07) is 16.5. The molecule has 1 aliphatic rings. The molecule has 0 saturated heterocycles. The van der Waals surface area contributed by atoms with Crippen molar-refractivity contribution in [2.75, 3.05) is 0 Å². The van der Waals surface area contributed by atoms with Crippen molar-refractivity contribution < 1.29 is 0 Å². The number of benzene rings is 2. The minimum absolute atomic E-state index is 0.557. The Labute approximate surface area is 159 Å². The van der Waals surface area contributed by atoms with Crippen LogP contribution in [0, 0.1) is 0 Å². The van der Waals surface area contributed by atoms with E-state index in [1.54, 1.807) is 11.3 Å². The van der Waals surface area contributed by atoms with Gasteiger partial charge >= 0.3 is 0 Å². The zero-order chi connectivity index (χ0) is 17.0. The van der Waals surface area contributed by atoms with E-state index in [0.29, 0.717) is 6.54 Å². The lowest BCUT2D eigenvalue weighted by Gasteiger charge is -2.11. The molecule has 2 aromatic carbocycles. The van der Waals surface area contributed by atoms with Gasteiger partial charge in [0.2, 0.25) is 0 Å². The van der Waals surface area contributed by atoms with Gasteiger partial charge in [-0.05, 0) is 36.4 Å². The average Bonchev–Trinajstić information content (AvgIpc) is 3.20. The summed E-state index contributed by atoms with van der Waals surface area (Å²) in [6.07, 6.45) is 2.06. The summed E-state index contributed by atoms with van der Waals surface area (Å²) >= 11 is 14.4. The molecule has 5 heteroatoms. The number of rotatable bonds is 1. The fraction of sp³-hybridized carbons (Fsp3) is 0.0500. The smallest absolute Gasteiger partial charge is 0.0891 e. The summed E-state index contributed by atoms with van der Waals surface area (Å²) in [6.45, 7) is 0.557. The van der Waals surface area contributed by atoms with Crippen LogP contribution in [0.2, 0.25) is 10.0 Å². The molecule has 0 spiro atoms. The minimum Gasteiger partial charge on any atom is -0.315 e. The Morgan fingerprint density at radius 1 is 1.00 bits per heavy atom. The van der Waals surface area contributed by atoms with Gasteiger partial charge in [0, 0.05) is 37.8 Å². The Hall–Kier alpha value is -2.07. The number of aliphatic imine (C=N–C) groups is 1. The second-order valence-corrected chi connectivity index (χ2v) is 7.69. The van der Waals surface area contributed by atoms with Crippen LogP contribution in [-0.2, 0) is 6.54 Å². The molecule has 0 amide bonds. The van der Waals surface area contributed by atoms with Crippen molar-refractivity contribution in [1.82, 2.24) is 4.57 Å². The molecule has 122 valence electrons. The Balaban J connectivity index is 1.74. The lowest BCUT2D eigenvalue weighted by atomic mass is 10.1. The molecular weight excluding hydrogens is 371 g/mol. The van der Waals surface area contributed by atoms with Crippen molar-refractivity contribution in [1.29, 1.82) is 0 Å². The SMILES string of the molecule is Clc1cccc2c1CN=C(c1ccc3scc(Cl)c3c1)c1cccn1-2. The molecule has 0 unspecified atom stereocenters. The third-order valence-corrected chi connectivity index (χ3v) is 6.30. The van der Waals surface area contributed by atoms with Crippen LogP contribution in [0.15, 0.2) is 65.1 Å². The Kier molecular flexibility index (Phi) is 3.49. The van der Waals surface area contributed by atoms with E-state index in [0.717, 1.165) is 43.7 Å². The molecule has 2 aromatic heterocycles. The monoisotopic (exact) mass is 382 g/mol. The van der Waals surface area contributed by atoms with E-state index in [1.165, 1.54) is 4.70 Å². The molecule has 4 aromatic rings. The summed E-state index contributed by atoms with van der Waals surface area (Å²) in [4.78, 5) is 4.90. The first-order chi connectivity index (χ1) is 12.2. The van der Waals surface area contributed by atoms with Gasteiger partial charge in [0.05, 0.1) is 28.7 Å². The van der Waals surface area contributed by atoms with Gasteiger partial charge in [-0.2, -0.15) is 0 Å². The highest BCUT2D eigenvalue weighted by Crippen LogP contribution is 2.33. The van der Waals surface area contributed by atoms with Gasteiger partial charge < -0.3 is 4.57 Å². The third-order valence-electron chi connectivity index (χ3n) is 4.54. The van der Waals surface area contributed by atoms with Crippen LogP contribution >= 0.6 is 34.5 Å². The van der Waals surface area contributed by atoms with Crippen molar-refractivity contribution in [3.63, 3.8) is 0 Å². The fourth-order valence-corrected chi connectivity index (χ4v) is 4.71. The van der Waals surface area contributed by atoms with Crippen LogP contribution in [-0.4, -0.2) is 10.3 Å².